The molecule has 0 aromatic heterocycles. The van der Waals surface area contributed by atoms with Crippen LogP contribution in [0.5, 0.6) is 0 Å². The normalized spacial score (nSPS) is 9.68. The predicted molar refractivity (Wildman–Crippen MR) is 74.9 cm³/mol. The van der Waals surface area contributed by atoms with Crippen LogP contribution < -0.4 is 5.32 Å². The molecule has 0 saturated heterocycles. The van der Waals surface area contributed by atoms with Crippen molar-refractivity contribution in [2.45, 2.75) is 6.42 Å². The zero-order valence-electron chi connectivity index (χ0n) is 10.1. The third-order valence-electron chi connectivity index (χ3n) is 2.58. The number of halogens is 1. The number of rotatable bonds is 3. The number of hydrogen-bond donors (Lipinski definition) is 1. The third kappa shape index (κ3) is 3.57. The van der Waals surface area contributed by atoms with Gasteiger partial charge in [0.25, 0.3) is 0 Å². The first-order chi connectivity index (χ1) is 9.19. The van der Waals surface area contributed by atoms with Gasteiger partial charge < -0.3 is 5.32 Å². The largest absolute Gasteiger partial charge is 0.325 e. The number of para-hydroxylation sites is 1. The van der Waals surface area contributed by atoms with Crippen molar-refractivity contribution in [3.63, 3.8) is 0 Å². The summed E-state index contributed by atoms with van der Waals surface area (Å²) in [5.74, 6) is -0.176. The minimum absolute atomic E-state index is 0.176. The van der Waals surface area contributed by atoms with Gasteiger partial charge in [-0.1, -0.05) is 35.9 Å². The number of carbonyl (C=O) groups is 1. The Hall–Kier alpha value is -2.31. The molecule has 0 aliphatic rings. The second-order valence-electron chi connectivity index (χ2n) is 4.01. The number of nitriles is 1. The fourth-order valence-electron chi connectivity index (χ4n) is 1.72. The van der Waals surface area contributed by atoms with Crippen LogP contribution in [0.25, 0.3) is 0 Å². The minimum Gasteiger partial charge on any atom is -0.325 e. The molecule has 94 valence electrons. The first-order valence-electron chi connectivity index (χ1n) is 5.72. The summed E-state index contributed by atoms with van der Waals surface area (Å²) in [6.07, 6.45) is 0.223. The molecule has 2 rings (SSSR count). The average Bonchev–Trinajstić information content (AvgIpc) is 2.39. The molecule has 19 heavy (non-hydrogen) atoms. The van der Waals surface area contributed by atoms with Gasteiger partial charge in [-0.2, -0.15) is 5.26 Å². The van der Waals surface area contributed by atoms with Gasteiger partial charge in [0, 0.05) is 5.02 Å². The summed E-state index contributed by atoms with van der Waals surface area (Å²) < 4.78 is 0. The Morgan fingerprint density at radius 1 is 1.21 bits per heavy atom. The Labute approximate surface area is 116 Å². The Morgan fingerprint density at radius 3 is 2.74 bits per heavy atom. The lowest BCUT2D eigenvalue weighted by Gasteiger charge is -2.07. The molecule has 0 bridgehead atoms. The fraction of sp³-hybridized carbons (Fsp3) is 0.0667. The second-order valence-corrected chi connectivity index (χ2v) is 4.45. The molecule has 0 unspecified atom stereocenters. The third-order valence-corrected chi connectivity index (χ3v) is 2.81. The summed E-state index contributed by atoms with van der Waals surface area (Å²) in [7, 11) is 0. The van der Waals surface area contributed by atoms with E-state index >= 15 is 0 Å². The van der Waals surface area contributed by atoms with Crippen molar-refractivity contribution >= 4 is 23.2 Å². The van der Waals surface area contributed by atoms with Gasteiger partial charge in [0.05, 0.1) is 17.7 Å². The number of carbonyl (C=O) groups excluding carboxylic acids is 1. The van der Waals surface area contributed by atoms with Crippen molar-refractivity contribution in [3.05, 3.63) is 64.7 Å². The summed E-state index contributed by atoms with van der Waals surface area (Å²) in [4.78, 5) is 11.9. The molecular formula is C15H11ClN2O. The Kier molecular flexibility index (Phi) is 4.17. The fourth-order valence-corrected chi connectivity index (χ4v) is 1.93. The molecule has 1 amide bonds. The van der Waals surface area contributed by atoms with Gasteiger partial charge in [-0.25, -0.2) is 0 Å². The van der Waals surface area contributed by atoms with Crippen LogP contribution in [0.1, 0.15) is 11.1 Å². The van der Waals surface area contributed by atoms with E-state index in [9.17, 15) is 4.79 Å². The van der Waals surface area contributed by atoms with Crippen LogP contribution in [0.2, 0.25) is 5.02 Å². The second kappa shape index (κ2) is 6.03. The van der Waals surface area contributed by atoms with E-state index in [1.54, 1.807) is 42.5 Å². The molecule has 2 aromatic rings. The van der Waals surface area contributed by atoms with Gasteiger partial charge in [-0.15, -0.1) is 0 Å². The number of hydrogen-bond acceptors (Lipinski definition) is 2. The van der Waals surface area contributed by atoms with Gasteiger partial charge >= 0.3 is 0 Å². The molecule has 1 N–H and O–H groups in total. The van der Waals surface area contributed by atoms with Gasteiger partial charge in [0.15, 0.2) is 0 Å². The van der Waals surface area contributed by atoms with Crippen LogP contribution in [-0.4, -0.2) is 5.91 Å². The molecule has 3 nitrogen and oxygen atoms in total. The lowest BCUT2D eigenvalue weighted by Crippen LogP contribution is -2.15. The van der Waals surface area contributed by atoms with E-state index in [1.165, 1.54) is 0 Å². The summed E-state index contributed by atoms with van der Waals surface area (Å²) in [6, 6.07) is 16.1. The SMILES string of the molecule is N#Cc1ccccc1NC(=O)Cc1cccc(Cl)c1. The molecule has 2 aromatic carbocycles. The number of benzene rings is 2. The van der Waals surface area contributed by atoms with Crippen LogP contribution in [0.3, 0.4) is 0 Å². The molecular weight excluding hydrogens is 260 g/mol. The Balaban J connectivity index is 2.08. The summed E-state index contributed by atoms with van der Waals surface area (Å²) in [6.45, 7) is 0. The van der Waals surface area contributed by atoms with Crippen molar-refractivity contribution in [1.82, 2.24) is 0 Å². The lowest BCUT2D eigenvalue weighted by molar-refractivity contribution is -0.115. The van der Waals surface area contributed by atoms with Crippen LogP contribution >= 0.6 is 11.6 Å². The van der Waals surface area contributed by atoms with Crippen molar-refractivity contribution in [2.75, 3.05) is 5.32 Å². The molecule has 0 atom stereocenters. The van der Waals surface area contributed by atoms with Crippen molar-refractivity contribution in [1.29, 1.82) is 5.26 Å². The molecule has 0 aliphatic carbocycles. The van der Waals surface area contributed by atoms with Crippen molar-refractivity contribution in [3.8, 4) is 6.07 Å². The van der Waals surface area contributed by atoms with Crippen LogP contribution in [0.4, 0.5) is 5.69 Å². The zero-order valence-corrected chi connectivity index (χ0v) is 10.8. The van der Waals surface area contributed by atoms with E-state index in [4.69, 9.17) is 16.9 Å². The quantitative estimate of drug-likeness (QED) is 0.929. The summed E-state index contributed by atoms with van der Waals surface area (Å²) in [5.41, 5.74) is 1.80. The number of nitrogens with zero attached hydrogens (tertiary/aromatic N) is 1. The highest BCUT2D eigenvalue weighted by Gasteiger charge is 2.07. The van der Waals surface area contributed by atoms with Gasteiger partial charge in [0.2, 0.25) is 5.91 Å². The summed E-state index contributed by atoms with van der Waals surface area (Å²) in [5, 5.41) is 12.3. The average molecular weight is 271 g/mol. The highest BCUT2D eigenvalue weighted by molar-refractivity contribution is 6.30. The van der Waals surface area contributed by atoms with E-state index in [1.807, 2.05) is 12.1 Å². The molecule has 0 fully saturated rings. The molecule has 0 aliphatic heterocycles. The molecule has 0 saturated carbocycles. The highest BCUT2D eigenvalue weighted by atomic mass is 35.5. The first-order valence-corrected chi connectivity index (χ1v) is 6.10. The van der Waals surface area contributed by atoms with Gasteiger partial charge in [-0.3, -0.25) is 4.79 Å². The standard InChI is InChI=1S/C15H11ClN2O/c16-13-6-3-4-11(8-13)9-15(19)18-14-7-2-1-5-12(14)10-17/h1-8H,9H2,(H,18,19). The van der Waals surface area contributed by atoms with E-state index in [0.29, 0.717) is 16.3 Å². The Bertz CT molecular complexity index is 647. The van der Waals surface area contributed by atoms with Crippen LogP contribution in [0, 0.1) is 11.3 Å². The monoisotopic (exact) mass is 270 g/mol. The minimum atomic E-state index is -0.176. The molecule has 0 spiro atoms. The topological polar surface area (TPSA) is 52.9 Å². The number of nitrogens with one attached hydrogen (secondary N) is 1. The number of amides is 1. The maximum atomic E-state index is 11.9. The van der Waals surface area contributed by atoms with Crippen molar-refractivity contribution in [2.24, 2.45) is 0 Å². The Morgan fingerprint density at radius 2 is 2.00 bits per heavy atom. The van der Waals surface area contributed by atoms with Crippen LogP contribution in [0.15, 0.2) is 48.5 Å². The highest BCUT2D eigenvalue weighted by Crippen LogP contribution is 2.15. The number of anilines is 1. The van der Waals surface area contributed by atoms with Crippen molar-refractivity contribution < 1.29 is 4.79 Å². The predicted octanol–water partition coefficient (Wildman–Crippen LogP) is 3.39. The van der Waals surface area contributed by atoms with E-state index in [-0.39, 0.29) is 12.3 Å². The van der Waals surface area contributed by atoms with E-state index < -0.39 is 0 Å². The summed E-state index contributed by atoms with van der Waals surface area (Å²) >= 11 is 5.86. The van der Waals surface area contributed by atoms with Crippen LogP contribution in [-0.2, 0) is 11.2 Å². The van der Waals surface area contributed by atoms with Gasteiger partial charge in [0.1, 0.15) is 6.07 Å². The molecule has 4 heteroatoms. The maximum Gasteiger partial charge on any atom is 0.228 e. The maximum absolute atomic E-state index is 11.9. The zero-order chi connectivity index (χ0) is 13.7. The smallest absolute Gasteiger partial charge is 0.228 e. The van der Waals surface area contributed by atoms with E-state index in [2.05, 4.69) is 5.32 Å². The van der Waals surface area contributed by atoms with Gasteiger partial charge in [-0.05, 0) is 29.8 Å². The van der Waals surface area contributed by atoms with E-state index in [0.717, 1.165) is 5.56 Å². The molecule has 0 radical (unpaired) electrons. The lowest BCUT2D eigenvalue weighted by atomic mass is 10.1. The molecule has 0 heterocycles. The first kappa shape index (κ1) is 13.1.